The van der Waals surface area contributed by atoms with E-state index in [4.69, 9.17) is 15.2 Å². The van der Waals surface area contributed by atoms with Gasteiger partial charge in [-0.15, -0.1) is 0 Å². The Morgan fingerprint density at radius 3 is 2.47 bits per heavy atom. The molecule has 1 fully saturated rings. The second kappa shape index (κ2) is 5.39. The highest BCUT2D eigenvalue weighted by molar-refractivity contribution is 5.59. The first-order valence-corrected chi connectivity index (χ1v) is 6.66. The molecule has 4 nitrogen and oxygen atoms in total. The number of anilines is 1. The summed E-state index contributed by atoms with van der Waals surface area (Å²) in [5.74, 6) is 0.940. The van der Waals surface area contributed by atoms with Gasteiger partial charge in [-0.25, -0.2) is 0 Å². The average molecular weight is 264 g/mol. The number of hydrogen-bond acceptors (Lipinski definition) is 4. The van der Waals surface area contributed by atoms with Gasteiger partial charge in [-0.1, -0.05) is 0 Å². The van der Waals surface area contributed by atoms with Crippen molar-refractivity contribution in [3.8, 4) is 5.75 Å². The molecule has 2 rings (SSSR count). The lowest BCUT2D eigenvalue weighted by Gasteiger charge is -2.43. The van der Waals surface area contributed by atoms with Gasteiger partial charge in [0.15, 0.2) is 0 Å². The lowest BCUT2D eigenvalue weighted by Crippen LogP contribution is -2.54. The first kappa shape index (κ1) is 14.2. The van der Waals surface area contributed by atoms with E-state index in [1.165, 1.54) is 16.8 Å². The molecule has 1 saturated heterocycles. The molecule has 0 unspecified atom stereocenters. The SMILES string of the molecule is COc1ccc(N(C)CC2(CN)COC2)c(C)c1C. The molecule has 19 heavy (non-hydrogen) atoms. The summed E-state index contributed by atoms with van der Waals surface area (Å²) in [5, 5.41) is 0. The van der Waals surface area contributed by atoms with E-state index in [1.807, 2.05) is 6.07 Å². The topological polar surface area (TPSA) is 47.7 Å². The molecule has 0 saturated carbocycles. The summed E-state index contributed by atoms with van der Waals surface area (Å²) < 4.78 is 10.7. The van der Waals surface area contributed by atoms with Crippen LogP contribution in [0.1, 0.15) is 11.1 Å². The number of nitrogens with zero attached hydrogens (tertiary/aromatic N) is 1. The summed E-state index contributed by atoms with van der Waals surface area (Å²) in [7, 11) is 3.82. The average Bonchev–Trinajstić information content (AvgIpc) is 2.36. The molecule has 1 aromatic rings. The van der Waals surface area contributed by atoms with Crippen LogP contribution in [-0.2, 0) is 4.74 Å². The van der Waals surface area contributed by atoms with Crippen LogP contribution >= 0.6 is 0 Å². The molecular formula is C15H24N2O2. The Morgan fingerprint density at radius 1 is 1.32 bits per heavy atom. The van der Waals surface area contributed by atoms with E-state index in [1.54, 1.807) is 7.11 Å². The van der Waals surface area contributed by atoms with Gasteiger partial charge in [-0.3, -0.25) is 0 Å². The molecule has 1 heterocycles. The van der Waals surface area contributed by atoms with Gasteiger partial charge in [0.2, 0.25) is 0 Å². The smallest absolute Gasteiger partial charge is 0.122 e. The highest BCUT2D eigenvalue weighted by Crippen LogP contribution is 2.33. The number of hydrogen-bond donors (Lipinski definition) is 1. The van der Waals surface area contributed by atoms with Crippen molar-refractivity contribution in [2.75, 3.05) is 45.4 Å². The minimum atomic E-state index is 0.120. The molecule has 4 heteroatoms. The highest BCUT2D eigenvalue weighted by atomic mass is 16.5. The van der Waals surface area contributed by atoms with Crippen LogP contribution in [0.4, 0.5) is 5.69 Å². The largest absolute Gasteiger partial charge is 0.496 e. The minimum Gasteiger partial charge on any atom is -0.496 e. The molecule has 0 atom stereocenters. The van der Waals surface area contributed by atoms with Gasteiger partial charge in [-0.2, -0.15) is 0 Å². The van der Waals surface area contributed by atoms with E-state index in [9.17, 15) is 0 Å². The number of benzene rings is 1. The van der Waals surface area contributed by atoms with E-state index in [0.29, 0.717) is 6.54 Å². The van der Waals surface area contributed by atoms with Gasteiger partial charge in [0, 0.05) is 31.2 Å². The van der Waals surface area contributed by atoms with Crippen molar-refractivity contribution in [1.29, 1.82) is 0 Å². The van der Waals surface area contributed by atoms with Crippen molar-refractivity contribution < 1.29 is 9.47 Å². The molecule has 0 radical (unpaired) electrons. The zero-order valence-electron chi connectivity index (χ0n) is 12.3. The van der Waals surface area contributed by atoms with Gasteiger partial charge in [0.1, 0.15) is 5.75 Å². The Balaban J connectivity index is 2.19. The van der Waals surface area contributed by atoms with Gasteiger partial charge >= 0.3 is 0 Å². The third-order valence-corrected chi connectivity index (χ3v) is 4.16. The number of ether oxygens (including phenoxy) is 2. The Morgan fingerprint density at radius 2 is 2.00 bits per heavy atom. The van der Waals surface area contributed by atoms with Crippen molar-refractivity contribution in [1.82, 2.24) is 0 Å². The summed E-state index contributed by atoms with van der Waals surface area (Å²) in [6, 6.07) is 4.14. The van der Waals surface area contributed by atoms with Crippen LogP contribution in [0.5, 0.6) is 5.75 Å². The second-order valence-electron chi connectivity index (χ2n) is 5.59. The van der Waals surface area contributed by atoms with Gasteiger partial charge in [0.25, 0.3) is 0 Å². The van der Waals surface area contributed by atoms with Crippen LogP contribution in [0.2, 0.25) is 0 Å². The molecule has 0 bridgehead atoms. The summed E-state index contributed by atoms with van der Waals surface area (Å²) in [5.41, 5.74) is 9.69. The van der Waals surface area contributed by atoms with Crippen LogP contribution < -0.4 is 15.4 Å². The van der Waals surface area contributed by atoms with Crippen LogP contribution in [0.15, 0.2) is 12.1 Å². The van der Waals surface area contributed by atoms with Crippen LogP contribution in [0.3, 0.4) is 0 Å². The zero-order chi connectivity index (χ0) is 14.0. The van der Waals surface area contributed by atoms with Crippen molar-refractivity contribution in [3.63, 3.8) is 0 Å². The maximum absolute atomic E-state index is 5.88. The van der Waals surface area contributed by atoms with E-state index in [2.05, 4.69) is 31.9 Å². The van der Waals surface area contributed by atoms with Crippen LogP contribution in [0.25, 0.3) is 0 Å². The number of methoxy groups -OCH3 is 1. The molecule has 0 spiro atoms. The second-order valence-corrected chi connectivity index (χ2v) is 5.59. The fourth-order valence-electron chi connectivity index (χ4n) is 2.67. The van der Waals surface area contributed by atoms with Crippen LogP contribution in [0, 0.1) is 19.3 Å². The quantitative estimate of drug-likeness (QED) is 0.880. The summed E-state index contributed by atoms with van der Waals surface area (Å²) in [6.07, 6.45) is 0. The maximum Gasteiger partial charge on any atom is 0.122 e. The molecule has 0 aromatic heterocycles. The van der Waals surface area contributed by atoms with Crippen molar-refractivity contribution >= 4 is 5.69 Å². The monoisotopic (exact) mass is 264 g/mol. The molecular weight excluding hydrogens is 240 g/mol. The van der Waals surface area contributed by atoms with Gasteiger partial charge < -0.3 is 20.1 Å². The van der Waals surface area contributed by atoms with Crippen molar-refractivity contribution in [2.24, 2.45) is 11.1 Å². The Bertz CT molecular complexity index is 450. The predicted octanol–water partition coefficient (Wildman–Crippen LogP) is 1.72. The van der Waals surface area contributed by atoms with E-state index in [0.717, 1.165) is 25.5 Å². The Kier molecular flexibility index (Phi) is 4.02. The third-order valence-electron chi connectivity index (χ3n) is 4.16. The number of rotatable bonds is 5. The maximum atomic E-state index is 5.88. The molecule has 0 amide bonds. The first-order chi connectivity index (χ1) is 9.03. The lowest BCUT2D eigenvalue weighted by atomic mass is 9.85. The van der Waals surface area contributed by atoms with Gasteiger partial charge in [-0.05, 0) is 37.1 Å². The Hall–Kier alpha value is -1.26. The summed E-state index contributed by atoms with van der Waals surface area (Å²) in [6.45, 7) is 7.36. The van der Waals surface area contributed by atoms with E-state index in [-0.39, 0.29) is 5.41 Å². The highest BCUT2D eigenvalue weighted by Gasteiger charge is 2.38. The van der Waals surface area contributed by atoms with Crippen molar-refractivity contribution in [2.45, 2.75) is 13.8 Å². The first-order valence-electron chi connectivity index (χ1n) is 6.66. The fraction of sp³-hybridized carbons (Fsp3) is 0.600. The van der Waals surface area contributed by atoms with Gasteiger partial charge in [0.05, 0.1) is 20.3 Å². The predicted molar refractivity (Wildman–Crippen MR) is 78.0 cm³/mol. The molecule has 106 valence electrons. The molecule has 2 N–H and O–H groups in total. The molecule has 1 aromatic carbocycles. The molecule has 1 aliphatic rings. The number of nitrogens with two attached hydrogens (primary N) is 1. The Labute approximate surface area is 115 Å². The summed E-state index contributed by atoms with van der Waals surface area (Å²) >= 11 is 0. The minimum absolute atomic E-state index is 0.120. The molecule has 0 aliphatic carbocycles. The zero-order valence-corrected chi connectivity index (χ0v) is 12.3. The fourth-order valence-corrected chi connectivity index (χ4v) is 2.67. The molecule has 1 aliphatic heterocycles. The summed E-state index contributed by atoms with van der Waals surface area (Å²) in [4.78, 5) is 2.27. The van der Waals surface area contributed by atoms with E-state index < -0.39 is 0 Å². The van der Waals surface area contributed by atoms with E-state index >= 15 is 0 Å². The van der Waals surface area contributed by atoms with Crippen LogP contribution in [-0.4, -0.2) is 40.5 Å². The van der Waals surface area contributed by atoms with Crippen molar-refractivity contribution in [3.05, 3.63) is 23.3 Å². The third kappa shape index (κ3) is 2.55. The normalized spacial score (nSPS) is 16.9. The standard InChI is InChI=1S/C15H24N2O2/c1-11-12(2)14(18-4)6-5-13(11)17(3)8-15(7-16)9-19-10-15/h5-6H,7-10,16H2,1-4H3. The lowest BCUT2D eigenvalue weighted by molar-refractivity contribution is -0.101.